The highest BCUT2D eigenvalue weighted by Crippen LogP contribution is 2.07. The average Bonchev–Trinajstić information content (AvgIpc) is 2.49. The van der Waals surface area contributed by atoms with E-state index in [9.17, 15) is 4.79 Å². The number of nitrogens with one attached hydrogen (secondary N) is 1. The largest absolute Gasteiger partial charge is 0.335 e. The highest BCUT2D eigenvalue weighted by atomic mass is 32.2. The van der Waals surface area contributed by atoms with Crippen molar-refractivity contribution in [2.75, 3.05) is 38.2 Å². The standard InChI is InChI=1S/C15H24N4OS/c1-13(12-21-2)17-15(20)19-9-7-18(8-10-19)11-14-5-3-4-6-16-14/h3-6,13H,7-12H2,1-2H3,(H,17,20)/t13-/m1/s1. The number of rotatable bonds is 5. The first-order valence-corrected chi connectivity index (χ1v) is 8.75. The molecule has 0 aliphatic carbocycles. The lowest BCUT2D eigenvalue weighted by Gasteiger charge is -2.35. The SMILES string of the molecule is CSC[C@@H](C)NC(=O)N1CCN(Cc2ccccn2)CC1. The number of urea groups is 1. The molecule has 0 unspecified atom stereocenters. The number of carbonyl (C=O) groups is 1. The molecule has 1 aliphatic rings. The average molecular weight is 308 g/mol. The minimum atomic E-state index is 0.0639. The molecule has 0 spiro atoms. The zero-order valence-corrected chi connectivity index (χ0v) is 13.6. The zero-order chi connectivity index (χ0) is 15.1. The summed E-state index contributed by atoms with van der Waals surface area (Å²) in [6.45, 7) is 6.28. The number of carbonyl (C=O) groups excluding carboxylic acids is 1. The van der Waals surface area contributed by atoms with Gasteiger partial charge >= 0.3 is 6.03 Å². The second kappa shape index (κ2) is 8.24. The summed E-state index contributed by atoms with van der Waals surface area (Å²) in [5.41, 5.74) is 1.09. The Kier molecular flexibility index (Phi) is 6.32. The van der Waals surface area contributed by atoms with Gasteiger partial charge in [-0.05, 0) is 25.3 Å². The molecule has 1 atom stereocenters. The van der Waals surface area contributed by atoms with Gasteiger partial charge in [0.1, 0.15) is 0 Å². The molecule has 2 rings (SSSR count). The molecule has 2 heterocycles. The van der Waals surface area contributed by atoms with Gasteiger partial charge in [0.15, 0.2) is 0 Å². The molecular weight excluding hydrogens is 284 g/mol. The number of aromatic nitrogens is 1. The highest BCUT2D eigenvalue weighted by molar-refractivity contribution is 7.98. The van der Waals surface area contributed by atoms with Crippen LogP contribution >= 0.6 is 11.8 Å². The van der Waals surface area contributed by atoms with Crippen molar-refractivity contribution in [3.8, 4) is 0 Å². The molecule has 0 aromatic carbocycles. The van der Waals surface area contributed by atoms with Crippen LogP contribution in [0.5, 0.6) is 0 Å². The van der Waals surface area contributed by atoms with Crippen molar-refractivity contribution >= 4 is 17.8 Å². The number of thioether (sulfide) groups is 1. The molecule has 1 saturated heterocycles. The van der Waals surface area contributed by atoms with Crippen molar-refractivity contribution in [3.05, 3.63) is 30.1 Å². The maximum absolute atomic E-state index is 12.1. The lowest BCUT2D eigenvalue weighted by atomic mass is 10.2. The first-order chi connectivity index (χ1) is 10.2. The van der Waals surface area contributed by atoms with Crippen LogP contribution in [-0.4, -0.2) is 65.0 Å². The molecule has 0 radical (unpaired) electrons. The predicted molar refractivity (Wildman–Crippen MR) is 87.5 cm³/mol. The monoisotopic (exact) mass is 308 g/mol. The van der Waals surface area contributed by atoms with E-state index in [1.807, 2.05) is 36.2 Å². The number of hydrogen-bond acceptors (Lipinski definition) is 4. The summed E-state index contributed by atoms with van der Waals surface area (Å²) in [5, 5.41) is 3.05. The van der Waals surface area contributed by atoms with Crippen molar-refractivity contribution in [1.82, 2.24) is 20.1 Å². The van der Waals surface area contributed by atoms with Crippen LogP contribution < -0.4 is 5.32 Å². The van der Waals surface area contributed by atoms with Gasteiger partial charge in [0, 0.05) is 50.7 Å². The molecule has 1 fully saturated rings. The Bertz CT molecular complexity index is 435. The lowest BCUT2D eigenvalue weighted by Crippen LogP contribution is -2.53. The summed E-state index contributed by atoms with van der Waals surface area (Å²) in [4.78, 5) is 20.7. The third-order valence-corrected chi connectivity index (χ3v) is 4.39. The van der Waals surface area contributed by atoms with E-state index in [1.54, 1.807) is 11.8 Å². The number of pyridine rings is 1. The first-order valence-electron chi connectivity index (χ1n) is 7.35. The van der Waals surface area contributed by atoms with E-state index in [4.69, 9.17) is 0 Å². The molecule has 0 saturated carbocycles. The number of amides is 2. The van der Waals surface area contributed by atoms with Gasteiger partial charge in [0.05, 0.1) is 5.69 Å². The van der Waals surface area contributed by atoms with Crippen molar-refractivity contribution in [1.29, 1.82) is 0 Å². The third kappa shape index (κ3) is 5.21. The van der Waals surface area contributed by atoms with Gasteiger partial charge in [0.2, 0.25) is 0 Å². The summed E-state index contributed by atoms with van der Waals surface area (Å²) >= 11 is 1.75. The summed E-state index contributed by atoms with van der Waals surface area (Å²) in [5.74, 6) is 0.950. The second-order valence-electron chi connectivity index (χ2n) is 5.39. The molecule has 1 aromatic heterocycles. The minimum Gasteiger partial charge on any atom is -0.335 e. The minimum absolute atomic E-state index is 0.0639. The smallest absolute Gasteiger partial charge is 0.317 e. The van der Waals surface area contributed by atoms with Gasteiger partial charge in [-0.1, -0.05) is 6.07 Å². The normalized spacial score (nSPS) is 17.5. The van der Waals surface area contributed by atoms with Crippen LogP contribution in [-0.2, 0) is 6.54 Å². The number of hydrogen-bond donors (Lipinski definition) is 1. The zero-order valence-electron chi connectivity index (χ0n) is 12.8. The fourth-order valence-electron chi connectivity index (χ4n) is 2.42. The fourth-order valence-corrected chi connectivity index (χ4v) is 3.01. The van der Waals surface area contributed by atoms with Gasteiger partial charge in [-0.25, -0.2) is 4.79 Å². The van der Waals surface area contributed by atoms with E-state index in [0.29, 0.717) is 0 Å². The van der Waals surface area contributed by atoms with Gasteiger partial charge in [-0.15, -0.1) is 0 Å². The van der Waals surface area contributed by atoms with E-state index in [2.05, 4.69) is 21.5 Å². The van der Waals surface area contributed by atoms with Crippen LogP contribution in [0.1, 0.15) is 12.6 Å². The Hall–Kier alpha value is -1.27. The summed E-state index contributed by atoms with van der Waals surface area (Å²) in [6, 6.07) is 6.28. The summed E-state index contributed by atoms with van der Waals surface area (Å²) in [7, 11) is 0. The number of piperazine rings is 1. The van der Waals surface area contributed by atoms with E-state index in [0.717, 1.165) is 44.2 Å². The van der Waals surface area contributed by atoms with Crippen LogP contribution in [0.3, 0.4) is 0 Å². The predicted octanol–water partition coefficient (Wildman–Crippen LogP) is 1.66. The van der Waals surface area contributed by atoms with Gasteiger partial charge < -0.3 is 10.2 Å². The van der Waals surface area contributed by atoms with Crippen LogP contribution in [0.2, 0.25) is 0 Å². The molecule has 1 N–H and O–H groups in total. The maximum atomic E-state index is 12.1. The van der Waals surface area contributed by atoms with Gasteiger partial charge in [-0.2, -0.15) is 11.8 Å². The molecule has 1 aromatic rings. The molecule has 0 bridgehead atoms. The lowest BCUT2D eigenvalue weighted by molar-refractivity contribution is 0.133. The van der Waals surface area contributed by atoms with Crippen molar-refractivity contribution < 1.29 is 4.79 Å². The molecule has 2 amide bonds. The Labute approximate surface area is 131 Å². The Morgan fingerprint density at radius 3 is 2.76 bits per heavy atom. The first kappa shape index (κ1) is 16.1. The van der Waals surface area contributed by atoms with Crippen molar-refractivity contribution in [2.24, 2.45) is 0 Å². The second-order valence-corrected chi connectivity index (χ2v) is 6.30. The van der Waals surface area contributed by atoms with E-state index >= 15 is 0 Å². The molecule has 116 valence electrons. The molecule has 5 nitrogen and oxygen atoms in total. The van der Waals surface area contributed by atoms with E-state index < -0.39 is 0 Å². The van der Waals surface area contributed by atoms with E-state index in [1.165, 1.54) is 0 Å². The Morgan fingerprint density at radius 2 is 2.14 bits per heavy atom. The molecule has 6 heteroatoms. The Morgan fingerprint density at radius 1 is 1.38 bits per heavy atom. The molecular formula is C15H24N4OS. The summed E-state index contributed by atoms with van der Waals surface area (Å²) < 4.78 is 0. The number of nitrogens with zero attached hydrogens (tertiary/aromatic N) is 3. The summed E-state index contributed by atoms with van der Waals surface area (Å²) in [6.07, 6.45) is 3.88. The van der Waals surface area contributed by atoms with E-state index in [-0.39, 0.29) is 12.1 Å². The third-order valence-electron chi connectivity index (χ3n) is 3.56. The van der Waals surface area contributed by atoms with Crippen LogP contribution in [0.4, 0.5) is 4.79 Å². The van der Waals surface area contributed by atoms with Crippen LogP contribution in [0.15, 0.2) is 24.4 Å². The van der Waals surface area contributed by atoms with Crippen molar-refractivity contribution in [3.63, 3.8) is 0 Å². The molecule has 21 heavy (non-hydrogen) atoms. The van der Waals surface area contributed by atoms with Gasteiger partial charge in [-0.3, -0.25) is 9.88 Å². The van der Waals surface area contributed by atoms with Crippen LogP contribution in [0.25, 0.3) is 0 Å². The van der Waals surface area contributed by atoms with Crippen molar-refractivity contribution in [2.45, 2.75) is 19.5 Å². The fraction of sp³-hybridized carbons (Fsp3) is 0.600. The maximum Gasteiger partial charge on any atom is 0.317 e. The molecule has 1 aliphatic heterocycles. The quantitative estimate of drug-likeness (QED) is 0.899. The topological polar surface area (TPSA) is 48.5 Å². The van der Waals surface area contributed by atoms with Crippen LogP contribution in [0, 0.1) is 0 Å². The Balaban J connectivity index is 1.74. The van der Waals surface area contributed by atoms with Gasteiger partial charge in [0.25, 0.3) is 0 Å². The highest BCUT2D eigenvalue weighted by Gasteiger charge is 2.22.